The molecule has 1 aliphatic rings. The summed E-state index contributed by atoms with van der Waals surface area (Å²) in [5, 5.41) is 8.98. The summed E-state index contributed by atoms with van der Waals surface area (Å²) in [6.45, 7) is 7.80. The number of nitrogens with zero attached hydrogens (tertiary/aromatic N) is 2. The standard InChI is InChI=1S/C21H30N4OS.HI/c1-3-22-21(23-11-8-17-6-4-5-7-19(17)26-2)24-12-14-25-13-9-20-18(16-25)10-15-27-20;/h4-7,10,15H,3,8-9,11-14,16H2,1-2H3,(H2,22,23,24);1H. The normalized spacial score (nSPS) is 14.1. The molecule has 1 aromatic carbocycles. The average molecular weight is 514 g/mol. The lowest BCUT2D eigenvalue weighted by atomic mass is 10.1. The first-order chi connectivity index (χ1) is 13.3. The van der Waals surface area contributed by atoms with Crippen LogP contribution in [0.1, 0.15) is 22.9 Å². The number of nitrogens with one attached hydrogen (secondary N) is 2. The third-order valence-electron chi connectivity index (χ3n) is 4.80. The highest BCUT2D eigenvalue weighted by atomic mass is 127. The average Bonchev–Trinajstić information content (AvgIpc) is 3.16. The van der Waals surface area contributed by atoms with Crippen molar-refractivity contribution < 1.29 is 4.74 Å². The second-order valence-corrected chi connectivity index (χ2v) is 7.65. The van der Waals surface area contributed by atoms with Crippen molar-refractivity contribution in [2.75, 3.05) is 39.8 Å². The number of para-hydroxylation sites is 1. The van der Waals surface area contributed by atoms with Crippen molar-refractivity contribution in [2.45, 2.75) is 26.3 Å². The fourth-order valence-electron chi connectivity index (χ4n) is 3.37. The number of rotatable bonds is 8. The van der Waals surface area contributed by atoms with Crippen molar-refractivity contribution in [3.8, 4) is 5.75 Å². The van der Waals surface area contributed by atoms with Crippen LogP contribution in [0.15, 0.2) is 40.7 Å². The van der Waals surface area contributed by atoms with E-state index in [0.29, 0.717) is 0 Å². The highest BCUT2D eigenvalue weighted by Crippen LogP contribution is 2.23. The third-order valence-corrected chi connectivity index (χ3v) is 5.82. The lowest BCUT2D eigenvalue weighted by molar-refractivity contribution is 0.263. The predicted molar refractivity (Wildman–Crippen MR) is 129 cm³/mol. The van der Waals surface area contributed by atoms with Gasteiger partial charge in [-0.1, -0.05) is 18.2 Å². The molecule has 28 heavy (non-hydrogen) atoms. The van der Waals surface area contributed by atoms with Gasteiger partial charge in [0.15, 0.2) is 5.96 Å². The highest BCUT2D eigenvalue weighted by molar-refractivity contribution is 14.0. The number of halogens is 1. The molecule has 0 aliphatic carbocycles. The molecule has 0 unspecified atom stereocenters. The van der Waals surface area contributed by atoms with Gasteiger partial charge in [0.1, 0.15) is 5.75 Å². The molecule has 0 spiro atoms. The summed E-state index contributed by atoms with van der Waals surface area (Å²) in [7, 11) is 1.72. The highest BCUT2D eigenvalue weighted by Gasteiger charge is 2.16. The Bertz CT molecular complexity index is 750. The molecular weight excluding hydrogens is 483 g/mol. The van der Waals surface area contributed by atoms with Gasteiger partial charge in [0, 0.05) is 37.6 Å². The van der Waals surface area contributed by atoms with Crippen molar-refractivity contribution in [1.29, 1.82) is 0 Å². The number of benzene rings is 1. The van der Waals surface area contributed by atoms with Crippen LogP contribution in [-0.4, -0.2) is 50.7 Å². The second kappa shape index (κ2) is 12.3. The minimum absolute atomic E-state index is 0. The number of hydrogen-bond acceptors (Lipinski definition) is 4. The Balaban J connectivity index is 0.00000280. The van der Waals surface area contributed by atoms with E-state index in [1.807, 2.05) is 23.5 Å². The maximum atomic E-state index is 5.42. The zero-order chi connectivity index (χ0) is 18.9. The number of thiophene rings is 1. The predicted octanol–water partition coefficient (Wildman–Crippen LogP) is 3.53. The van der Waals surface area contributed by atoms with Crippen LogP contribution in [-0.2, 0) is 19.4 Å². The summed E-state index contributed by atoms with van der Waals surface area (Å²) in [5.41, 5.74) is 2.71. The topological polar surface area (TPSA) is 48.9 Å². The molecule has 3 rings (SSSR count). The molecule has 7 heteroatoms. The van der Waals surface area contributed by atoms with Crippen LogP contribution in [0.4, 0.5) is 0 Å². The first-order valence-electron chi connectivity index (χ1n) is 9.71. The summed E-state index contributed by atoms with van der Waals surface area (Å²) in [5.74, 6) is 1.83. The Labute approximate surface area is 189 Å². The van der Waals surface area contributed by atoms with Crippen LogP contribution in [0.3, 0.4) is 0 Å². The van der Waals surface area contributed by atoms with Gasteiger partial charge in [-0.3, -0.25) is 9.89 Å². The molecule has 5 nitrogen and oxygen atoms in total. The van der Waals surface area contributed by atoms with Gasteiger partial charge in [-0.05, 0) is 48.4 Å². The molecular formula is C21H31IN4OS. The van der Waals surface area contributed by atoms with Crippen molar-refractivity contribution >= 4 is 41.3 Å². The van der Waals surface area contributed by atoms with Gasteiger partial charge >= 0.3 is 0 Å². The van der Waals surface area contributed by atoms with E-state index >= 15 is 0 Å². The molecule has 1 aromatic heterocycles. The Kier molecular flexibility index (Phi) is 10.1. The quantitative estimate of drug-likeness (QED) is 0.322. The molecule has 0 fully saturated rings. The number of ether oxygens (including phenoxy) is 1. The Hall–Kier alpha value is -1.32. The van der Waals surface area contributed by atoms with Crippen molar-refractivity contribution in [1.82, 2.24) is 15.5 Å². The van der Waals surface area contributed by atoms with Crippen LogP contribution < -0.4 is 15.4 Å². The second-order valence-electron chi connectivity index (χ2n) is 6.64. The smallest absolute Gasteiger partial charge is 0.191 e. The number of hydrogen-bond donors (Lipinski definition) is 2. The molecule has 0 radical (unpaired) electrons. The zero-order valence-corrected chi connectivity index (χ0v) is 19.9. The maximum Gasteiger partial charge on any atom is 0.191 e. The van der Waals surface area contributed by atoms with Crippen molar-refractivity contribution in [3.63, 3.8) is 0 Å². The van der Waals surface area contributed by atoms with Gasteiger partial charge in [-0.2, -0.15) is 0 Å². The van der Waals surface area contributed by atoms with Gasteiger partial charge in [-0.15, -0.1) is 35.3 Å². The minimum atomic E-state index is 0. The molecule has 0 atom stereocenters. The summed E-state index contributed by atoms with van der Waals surface area (Å²) in [6, 6.07) is 10.4. The first-order valence-corrected chi connectivity index (χ1v) is 10.6. The van der Waals surface area contributed by atoms with Crippen LogP contribution in [0, 0.1) is 0 Å². The molecule has 0 saturated carbocycles. The molecule has 154 valence electrons. The van der Waals surface area contributed by atoms with Gasteiger partial charge in [0.05, 0.1) is 13.7 Å². The third kappa shape index (κ3) is 6.63. The minimum Gasteiger partial charge on any atom is -0.496 e. The van der Waals surface area contributed by atoms with Gasteiger partial charge in [0.25, 0.3) is 0 Å². The Morgan fingerprint density at radius 3 is 2.93 bits per heavy atom. The lowest BCUT2D eigenvalue weighted by Gasteiger charge is -2.26. The molecule has 0 bridgehead atoms. The van der Waals surface area contributed by atoms with Gasteiger partial charge < -0.3 is 15.4 Å². The van der Waals surface area contributed by atoms with E-state index in [9.17, 15) is 0 Å². The summed E-state index contributed by atoms with van der Waals surface area (Å²) in [6.07, 6.45) is 2.08. The van der Waals surface area contributed by atoms with Crippen LogP contribution in [0.5, 0.6) is 5.75 Å². The van der Waals surface area contributed by atoms with E-state index in [1.165, 1.54) is 17.5 Å². The summed E-state index contributed by atoms with van der Waals surface area (Å²) in [4.78, 5) is 8.80. The van der Waals surface area contributed by atoms with Gasteiger partial charge in [-0.25, -0.2) is 0 Å². The van der Waals surface area contributed by atoms with Gasteiger partial charge in [0.2, 0.25) is 0 Å². The zero-order valence-electron chi connectivity index (χ0n) is 16.7. The fourth-order valence-corrected chi connectivity index (χ4v) is 4.26. The molecule has 0 saturated heterocycles. The SMILES string of the molecule is CCNC(=NCCN1CCc2sccc2C1)NCCc1ccccc1OC.I. The van der Waals surface area contributed by atoms with Crippen molar-refractivity contribution in [2.24, 2.45) is 4.99 Å². The number of fused-ring (bicyclic) bond motifs is 1. The van der Waals surface area contributed by atoms with E-state index in [1.54, 1.807) is 12.0 Å². The largest absolute Gasteiger partial charge is 0.496 e. The molecule has 2 aromatic rings. The summed E-state index contributed by atoms with van der Waals surface area (Å²) < 4.78 is 5.42. The molecule has 2 heterocycles. The lowest BCUT2D eigenvalue weighted by Crippen LogP contribution is -2.39. The maximum absolute atomic E-state index is 5.42. The van der Waals surface area contributed by atoms with Crippen LogP contribution in [0.25, 0.3) is 0 Å². The molecule has 2 N–H and O–H groups in total. The van der Waals surface area contributed by atoms with E-state index < -0.39 is 0 Å². The van der Waals surface area contributed by atoms with Crippen molar-refractivity contribution in [3.05, 3.63) is 51.7 Å². The van der Waals surface area contributed by atoms with E-state index in [-0.39, 0.29) is 24.0 Å². The van der Waals surface area contributed by atoms with Crippen LogP contribution >= 0.6 is 35.3 Å². The Morgan fingerprint density at radius 1 is 1.25 bits per heavy atom. The van der Waals surface area contributed by atoms with Crippen LogP contribution in [0.2, 0.25) is 0 Å². The molecule has 0 amide bonds. The molecule has 1 aliphatic heterocycles. The van der Waals surface area contributed by atoms with E-state index in [2.05, 4.69) is 46.0 Å². The monoisotopic (exact) mass is 514 g/mol. The number of aliphatic imine (C=N–C) groups is 1. The Morgan fingerprint density at radius 2 is 2.11 bits per heavy atom. The number of guanidine groups is 1. The number of methoxy groups -OCH3 is 1. The van der Waals surface area contributed by atoms with E-state index in [0.717, 1.165) is 57.4 Å². The summed E-state index contributed by atoms with van der Waals surface area (Å²) >= 11 is 1.89. The van der Waals surface area contributed by atoms with E-state index in [4.69, 9.17) is 9.73 Å². The first kappa shape index (κ1) is 23.0. The fraction of sp³-hybridized carbons (Fsp3) is 0.476.